The molecule has 0 radical (unpaired) electrons. The summed E-state index contributed by atoms with van der Waals surface area (Å²) in [7, 11) is 0. The Balaban J connectivity index is 4.05. The van der Waals surface area contributed by atoms with Gasteiger partial charge >= 0.3 is 47.0 Å². The molecule has 0 N–H and O–H groups in total. The van der Waals surface area contributed by atoms with Crippen LogP contribution in [-0.4, -0.2) is 53.1 Å². The number of carbonyl (C=O) groups excluding carboxylic acids is 3. The minimum atomic E-state index is -7.19. The van der Waals surface area contributed by atoms with Crippen molar-refractivity contribution < 1.29 is 62.7 Å². The van der Waals surface area contributed by atoms with Crippen molar-refractivity contribution in [1.29, 1.82) is 0 Å². The fourth-order valence-corrected chi connectivity index (χ4v) is 1.98. The first kappa shape index (κ1) is 19.3. The lowest BCUT2D eigenvalue weighted by Gasteiger charge is -2.51. The van der Waals surface area contributed by atoms with Gasteiger partial charge in [0.2, 0.25) is 6.17 Å². The van der Waals surface area contributed by atoms with Gasteiger partial charge in [-0.1, -0.05) is 0 Å². The van der Waals surface area contributed by atoms with Gasteiger partial charge < -0.3 is 0 Å². The summed E-state index contributed by atoms with van der Waals surface area (Å²) in [6.07, 6.45) is -5.65. The van der Waals surface area contributed by atoms with E-state index >= 15 is 0 Å². The van der Waals surface area contributed by atoms with E-state index < -0.39 is 53.1 Å². The first-order valence-electron chi connectivity index (χ1n) is 5.05. The van der Waals surface area contributed by atoms with E-state index in [1.807, 2.05) is 0 Å². The maximum atomic E-state index is 13.6. The molecule has 0 aliphatic heterocycles. The van der Waals surface area contributed by atoms with Gasteiger partial charge in [-0.2, -0.15) is 30.7 Å². The highest BCUT2D eigenvalue weighted by Crippen LogP contribution is 2.64. The maximum Gasteiger partial charge on any atom is 0.351 e. The SMILES string of the molecule is O=C(F)C1(F)C(F)C(F)(C(=O)F)C(F)(F)C(F)(C(=O)F)C1(F)F. The molecule has 14 heteroatoms. The maximum absolute atomic E-state index is 13.6. The Morgan fingerprint density at radius 1 is 0.609 bits per heavy atom. The van der Waals surface area contributed by atoms with Gasteiger partial charge in [-0.05, 0) is 0 Å². The highest BCUT2D eigenvalue weighted by Gasteiger charge is 2.98. The van der Waals surface area contributed by atoms with Gasteiger partial charge in [0, 0.05) is 0 Å². The number of hydrogen-bond donors (Lipinski definition) is 0. The lowest BCUT2D eigenvalue weighted by molar-refractivity contribution is -0.359. The Morgan fingerprint density at radius 2 is 0.870 bits per heavy atom. The third kappa shape index (κ3) is 1.63. The van der Waals surface area contributed by atoms with Crippen molar-refractivity contribution in [3.63, 3.8) is 0 Å². The molecule has 0 bridgehead atoms. The van der Waals surface area contributed by atoms with Crippen LogP contribution in [0.2, 0.25) is 0 Å². The standard InChI is InChI=1S/C9HF11O3/c10-1-5(14,2(11)21)8(17,18)7(16,4(13)23)9(19,20)6(1,15)3(12)22/h1H. The van der Waals surface area contributed by atoms with E-state index in [0.29, 0.717) is 0 Å². The van der Waals surface area contributed by atoms with Crippen molar-refractivity contribution >= 4 is 18.1 Å². The summed E-state index contributed by atoms with van der Waals surface area (Å²) in [5.74, 6) is -14.4. The molecule has 1 aliphatic carbocycles. The first-order chi connectivity index (χ1) is 9.98. The van der Waals surface area contributed by atoms with Crippen LogP contribution in [0.4, 0.5) is 48.3 Å². The van der Waals surface area contributed by atoms with Crippen LogP contribution in [0.25, 0.3) is 0 Å². The molecule has 0 aromatic heterocycles. The fraction of sp³-hybridized carbons (Fsp3) is 0.667. The lowest BCUT2D eigenvalue weighted by Crippen LogP contribution is -2.86. The molecule has 3 nitrogen and oxygen atoms in total. The van der Waals surface area contributed by atoms with Gasteiger partial charge in [0.1, 0.15) is 0 Å². The molecule has 2 unspecified atom stereocenters. The van der Waals surface area contributed by atoms with Crippen LogP contribution in [0, 0.1) is 0 Å². The van der Waals surface area contributed by atoms with Gasteiger partial charge in [-0.25, -0.2) is 17.6 Å². The summed E-state index contributed by atoms with van der Waals surface area (Å²) in [4.78, 5) is 30.5. The third-order valence-electron chi connectivity index (χ3n) is 3.32. The minimum absolute atomic E-state index is 4.39. The van der Waals surface area contributed by atoms with Gasteiger partial charge in [-0.15, -0.1) is 0 Å². The lowest BCUT2D eigenvalue weighted by atomic mass is 9.63. The molecule has 1 aliphatic rings. The average molecular weight is 366 g/mol. The van der Waals surface area contributed by atoms with Crippen molar-refractivity contribution in [2.45, 2.75) is 35.0 Å². The highest BCUT2D eigenvalue weighted by atomic mass is 19.3. The number of halogens is 11. The van der Waals surface area contributed by atoms with Crippen molar-refractivity contribution in [1.82, 2.24) is 0 Å². The monoisotopic (exact) mass is 366 g/mol. The van der Waals surface area contributed by atoms with Gasteiger partial charge in [0.05, 0.1) is 0 Å². The van der Waals surface area contributed by atoms with E-state index in [4.69, 9.17) is 0 Å². The van der Waals surface area contributed by atoms with E-state index in [1.165, 1.54) is 0 Å². The Morgan fingerprint density at radius 3 is 1.04 bits per heavy atom. The summed E-state index contributed by atoms with van der Waals surface area (Å²) < 4.78 is 145. The van der Waals surface area contributed by atoms with Crippen molar-refractivity contribution in [2.24, 2.45) is 0 Å². The molecule has 0 aromatic carbocycles. The normalized spacial score (nSPS) is 42.1. The zero-order chi connectivity index (χ0) is 18.8. The predicted molar refractivity (Wildman–Crippen MR) is 44.7 cm³/mol. The smallest absolute Gasteiger partial charge is 0.257 e. The van der Waals surface area contributed by atoms with Crippen LogP contribution in [0.5, 0.6) is 0 Å². The summed E-state index contributed by atoms with van der Waals surface area (Å²) in [5, 5.41) is 0. The number of alkyl halides is 8. The quantitative estimate of drug-likeness (QED) is 0.569. The first-order valence-corrected chi connectivity index (χ1v) is 5.05. The van der Waals surface area contributed by atoms with Gasteiger partial charge in [0.25, 0.3) is 0 Å². The summed E-state index contributed by atoms with van der Waals surface area (Å²) in [6, 6.07) is -13.4. The molecule has 0 amide bonds. The molecule has 1 saturated carbocycles. The second kappa shape index (κ2) is 4.63. The van der Waals surface area contributed by atoms with Crippen LogP contribution >= 0.6 is 0 Å². The fourth-order valence-electron chi connectivity index (χ4n) is 1.98. The zero-order valence-electron chi connectivity index (χ0n) is 9.96. The van der Waals surface area contributed by atoms with E-state index in [1.54, 1.807) is 0 Å². The molecule has 1 rings (SSSR count). The van der Waals surface area contributed by atoms with E-state index in [-0.39, 0.29) is 0 Å². The van der Waals surface area contributed by atoms with E-state index in [2.05, 4.69) is 0 Å². The molecule has 23 heavy (non-hydrogen) atoms. The molecule has 0 spiro atoms. The predicted octanol–water partition coefficient (Wildman–Crippen LogP) is 2.22. The van der Waals surface area contributed by atoms with Crippen LogP contribution < -0.4 is 0 Å². The Bertz CT molecular complexity index is 549. The van der Waals surface area contributed by atoms with Crippen LogP contribution in [-0.2, 0) is 14.4 Å². The van der Waals surface area contributed by atoms with Crippen LogP contribution in [0.1, 0.15) is 0 Å². The second-order valence-electron chi connectivity index (χ2n) is 4.41. The second-order valence-corrected chi connectivity index (χ2v) is 4.41. The van der Waals surface area contributed by atoms with E-state index in [9.17, 15) is 62.7 Å². The van der Waals surface area contributed by atoms with Crippen LogP contribution in [0.3, 0.4) is 0 Å². The zero-order valence-corrected chi connectivity index (χ0v) is 9.96. The Kier molecular flexibility index (Phi) is 3.88. The summed E-state index contributed by atoms with van der Waals surface area (Å²) in [5.41, 5.74) is -20.4. The van der Waals surface area contributed by atoms with Crippen molar-refractivity contribution in [3.05, 3.63) is 0 Å². The molecule has 0 aromatic rings. The third-order valence-corrected chi connectivity index (χ3v) is 3.32. The van der Waals surface area contributed by atoms with Crippen LogP contribution in [0.15, 0.2) is 0 Å². The molecular formula is C9HF11O3. The summed E-state index contributed by atoms with van der Waals surface area (Å²) in [6.45, 7) is 0. The number of hydrogen-bond acceptors (Lipinski definition) is 3. The molecule has 132 valence electrons. The minimum Gasteiger partial charge on any atom is -0.257 e. The average Bonchev–Trinajstić information content (AvgIpc) is 2.40. The molecule has 2 atom stereocenters. The summed E-state index contributed by atoms with van der Waals surface area (Å²) >= 11 is 0. The molecule has 0 saturated heterocycles. The number of carbonyl (C=O) groups is 3. The van der Waals surface area contributed by atoms with Gasteiger partial charge in [0.15, 0.2) is 0 Å². The Hall–Kier alpha value is -1.76. The van der Waals surface area contributed by atoms with Crippen molar-refractivity contribution in [2.75, 3.05) is 0 Å². The largest absolute Gasteiger partial charge is 0.351 e. The topological polar surface area (TPSA) is 51.2 Å². The van der Waals surface area contributed by atoms with Gasteiger partial charge in [-0.3, -0.25) is 14.4 Å². The number of rotatable bonds is 3. The Labute approximate surface area is 117 Å². The van der Waals surface area contributed by atoms with E-state index in [0.717, 1.165) is 0 Å². The highest BCUT2D eigenvalue weighted by molar-refractivity contribution is 5.94. The molecule has 1 fully saturated rings. The molecule has 0 heterocycles. The van der Waals surface area contributed by atoms with Crippen molar-refractivity contribution in [3.8, 4) is 0 Å². The molecular weight excluding hydrogens is 365 g/mol.